The molecule has 28 heavy (non-hydrogen) atoms. The van der Waals surface area contributed by atoms with E-state index in [0.717, 1.165) is 24.1 Å². The molecule has 5 heteroatoms. The second kappa shape index (κ2) is 7.96. The Morgan fingerprint density at radius 2 is 1.82 bits per heavy atom. The number of rotatable bonds is 4. The van der Waals surface area contributed by atoms with Crippen LogP contribution in [0, 0.1) is 5.92 Å². The highest BCUT2D eigenvalue weighted by Gasteiger charge is 2.35. The van der Waals surface area contributed by atoms with Gasteiger partial charge in [0, 0.05) is 23.7 Å². The maximum atomic E-state index is 12.8. The molecule has 0 saturated carbocycles. The third kappa shape index (κ3) is 3.93. The monoisotopic (exact) mass is 396 g/mol. The minimum absolute atomic E-state index is 0.0242. The number of halogens is 1. The number of nitrogens with zero attached hydrogens (tertiary/aromatic N) is 1. The van der Waals surface area contributed by atoms with Gasteiger partial charge in [-0.2, -0.15) is 0 Å². The van der Waals surface area contributed by atoms with E-state index in [1.54, 1.807) is 17.0 Å². The molecule has 2 aromatic rings. The van der Waals surface area contributed by atoms with Crippen molar-refractivity contribution in [1.82, 2.24) is 5.32 Å². The van der Waals surface area contributed by atoms with Crippen molar-refractivity contribution < 1.29 is 9.59 Å². The lowest BCUT2D eigenvalue weighted by Gasteiger charge is -2.21. The van der Waals surface area contributed by atoms with Gasteiger partial charge in [-0.1, -0.05) is 29.8 Å². The lowest BCUT2D eigenvalue weighted by Crippen LogP contribution is -2.34. The Morgan fingerprint density at radius 3 is 2.57 bits per heavy atom. The topological polar surface area (TPSA) is 49.4 Å². The fourth-order valence-corrected chi connectivity index (χ4v) is 4.32. The molecule has 0 aromatic heterocycles. The average molecular weight is 397 g/mol. The van der Waals surface area contributed by atoms with E-state index >= 15 is 0 Å². The normalized spacial score (nSPS) is 20.0. The summed E-state index contributed by atoms with van der Waals surface area (Å²) in [6.07, 6.45) is 5.02. The van der Waals surface area contributed by atoms with Crippen molar-refractivity contribution >= 4 is 29.1 Å². The van der Waals surface area contributed by atoms with Crippen LogP contribution in [0.4, 0.5) is 5.69 Å². The molecule has 0 spiro atoms. The Balaban J connectivity index is 1.41. The third-order valence-electron chi connectivity index (χ3n) is 5.87. The van der Waals surface area contributed by atoms with Gasteiger partial charge >= 0.3 is 0 Å². The first-order chi connectivity index (χ1) is 13.5. The van der Waals surface area contributed by atoms with Crippen LogP contribution in [-0.4, -0.2) is 18.4 Å². The van der Waals surface area contributed by atoms with Crippen molar-refractivity contribution in [1.29, 1.82) is 0 Å². The quantitative estimate of drug-likeness (QED) is 0.830. The molecule has 1 heterocycles. The predicted molar refractivity (Wildman–Crippen MR) is 112 cm³/mol. The fourth-order valence-electron chi connectivity index (χ4n) is 4.19. The van der Waals surface area contributed by atoms with E-state index < -0.39 is 0 Å². The number of carbonyl (C=O) groups excluding carboxylic acids is 2. The van der Waals surface area contributed by atoms with Crippen molar-refractivity contribution in [3.8, 4) is 0 Å². The molecule has 4 nitrogen and oxygen atoms in total. The first-order valence-corrected chi connectivity index (χ1v) is 10.4. The number of carbonyl (C=O) groups is 2. The van der Waals surface area contributed by atoms with Gasteiger partial charge in [-0.3, -0.25) is 9.59 Å². The molecular weight excluding hydrogens is 372 g/mol. The van der Waals surface area contributed by atoms with Crippen LogP contribution >= 0.6 is 11.6 Å². The molecule has 1 aliphatic carbocycles. The molecule has 0 bridgehead atoms. The summed E-state index contributed by atoms with van der Waals surface area (Å²) in [6, 6.07) is 13.6. The van der Waals surface area contributed by atoms with Crippen LogP contribution in [0.1, 0.15) is 48.9 Å². The van der Waals surface area contributed by atoms with Crippen LogP contribution in [0.2, 0.25) is 5.02 Å². The second-order valence-electron chi connectivity index (χ2n) is 7.85. The van der Waals surface area contributed by atoms with E-state index in [-0.39, 0.29) is 30.2 Å². The molecule has 2 aromatic carbocycles. The van der Waals surface area contributed by atoms with Gasteiger partial charge in [-0.05, 0) is 73.6 Å². The highest BCUT2D eigenvalue weighted by molar-refractivity contribution is 6.30. The molecule has 4 rings (SSSR count). The smallest absolute Gasteiger partial charge is 0.227 e. The van der Waals surface area contributed by atoms with Crippen LogP contribution in [-0.2, 0) is 22.4 Å². The molecule has 2 atom stereocenters. The summed E-state index contributed by atoms with van der Waals surface area (Å²) in [6.45, 7) is 2.42. The molecule has 146 valence electrons. The van der Waals surface area contributed by atoms with Crippen LogP contribution in [0.15, 0.2) is 42.5 Å². The number of hydrogen-bond acceptors (Lipinski definition) is 2. The number of amides is 2. The van der Waals surface area contributed by atoms with Crippen molar-refractivity contribution in [2.75, 3.05) is 11.4 Å². The zero-order chi connectivity index (χ0) is 19.7. The number of aryl methyl sites for hydroxylation is 2. The highest BCUT2D eigenvalue weighted by Crippen LogP contribution is 2.28. The molecule has 1 fully saturated rings. The predicted octanol–water partition coefficient (Wildman–Crippen LogP) is 4.45. The Labute approximate surface area is 170 Å². The summed E-state index contributed by atoms with van der Waals surface area (Å²) >= 11 is 5.93. The minimum atomic E-state index is -0.330. The van der Waals surface area contributed by atoms with E-state index in [0.29, 0.717) is 11.6 Å². The van der Waals surface area contributed by atoms with Gasteiger partial charge in [-0.25, -0.2) is 0 Å². The van der Waals surface area contributed by atoms with E-state index in [2.05, 4.69) is 23.5 Å². The lowest BCUT2D eigenvalue weighted by atomic mass is 9.89. The van der Waals surface area contributed by atoms with Crippen LogP contribution in [0.3, 0.4) is 0 Å². The van der Waals surface area contributed by atoms with Crippen LogP contribution < -0.4 is 10.2 Å². The Bertz CT molecular complexity index is 894. The SMILES string of the molecule is CC(NC(=O)C1CC(=O)N(c2ccc(Cl)cc2)C1)c1ccc2c(c1)CCCC2. The number of nitrogens with one attached hydrogen (secondary N) is 1. The maximum absolute atomic E-state index is 12.8. The van der Waals surface area contributed by atoms with E-state index in [1.807, 2.05) is 19.1 Å². The van der Waals surface area contributed by atoms with Crippen molar-refractivity contribution in [2.24, 2.45) is 5.92 Å². The summed E-state index contributed by atoms with van der Waals surface area (Å²) in [5.74, 6) is -0.415. The molecule has 2 unspecified atom stereocenters. The maximum Gasteiger partial charge on any atom is 0.227 e. The Kier molecular flexibility index (Phi) is 5.40. The highest BCUT2D eigenvalue weighted by atomic mass is 35.5. The largest absolute Gasteiger partial charge is 0.349 e. The second-order valence-corrected chi connectivity index (χ2v) is 8.28. The molecule has 0 radical (unpaired) electrons. The Morgan fingerprint density at radius 1 is 1.11 bits per heavy atom. The zero-order valence-corrected chi connectivity index (χ0v) is 16.8. The Hall–Kier alpha value is -2.33. The molecule has 1 aliphatic heterocycles. The summed E-state index contributed by atoms with van der Waals surface area (Å²) < 4.78 is 0. The molecule has 2 amide bonds. The summed E-state index contributed by atoms with van der Waals surface area (Å²) in [5.41, 5.74) is 4.77. The van der Waals surface area contributed by atoms with Gasteiger partial charge in [0.1, 0.15) is 0 Å². The lowest BCUT2D eigenvalue weighted by molar-refractivity contribution is -0.126. The summed E-state index contributed by atoms with van der Waals surface area (Å²) in [5, 5.41) is 3.74. The summed E-state index contributed by atoms with van der Waals surface area (Å²) in [7, 11) is 0. The third-order valence-corrected chi connectivity index (χ3v) is 6.12. The molecule has 1 saturated heterocycles. The van der Waals surface area contributed by atoms with Crippen molar-refractivity contribution in [3.63, 3.8) is 0 Å². The number of anilines is 1. The van der Waals surface area contributed by atoms with Gasteiger partial charge in [0.15, 0.2) is 0 Å². The van der Waals surface area contributed by atoms with Crippen molar-refractivity contribution in [3.05, 3.63) is 64.2 Å². The number of fused-ring (bicyclic) bond motifs is 1. The van der Waals surface area contributed by atoms with Gasteiger partial charge in [0.05, 0.1) is 12.0 Å². The fraction of sp³-hybridized carbons (Fsp3) is 0.391. The van der Waals surface area contributed by atoms with Gasteiger partial charge < -0.3 is 10.2 Å². The molecule has 1 N–H and O–H groups in total. The van der Waals surface area contributed by atoms with Crippen LogP contribution in [0.5, 0.6) is 0 Å². The standard InChI is InChI=1S/C23H25ClN2O2/c1-15(17-7-6-16-4-2-3-5-18(16)12-17)25-23(28)19-13-22(27)26(14-19)21-10-8-20(24)9-11-21/h6-12,15,19H,2-5,13-14H2,1H3,(H,25,28). The number of benzene rings is 2. The minimum Gasteiger partial charge on any atom is -0.349 e. The van der Waals surface area contributed by atoms with Crippen LogP contribution in [0.25, 0.3) is 0 Å². The van der Waals surface area contributed by atoms with E-state index in [9.17, 15) is 9.59 Å². The van der Waals surface area contributed by atoms with Crippen molar-refractivity contribution in [2.45, 2.75) is 45.1 Å². The average Bonchev–Trinajstić information content (AvgIpc) is 3.10. The molecular formula is C23H25ClN2O2. The van der Waals surface area contributed by atoms with Gasteiger partial charge in [-0.15, -0.1) is 0 Å². The van der Waals surface area contributed by atoms with Gasteiger partial charge in [0.25, 0.3) is 0 Å². The summed E-state index contributed by atoms with van der Waals surface area (Å²) in [4.78, 5) is 26.9. The van der Waals surface area contributed by atoms with E-state index in [4.69, 9.17) is 11.6 Å². The zero-order valence-electron chi connectivity index (χ0n) is 16.1. The van der Waals surface area contributed by atoms with E-state index in [1.165, 1.54) is 24.0 Å². The first-order valence-electron chi connectivity index (χ1n) is 9.99. The first kappa shape index (κ1) is 19.0. The molecule has 2 aliphatic rings. The van der Waals surface area contributed by atoms with Gasteiger partial charge in [0.2, 0.25) is 11.8 Å². The number of hydrogen-bond donors (Lipinski definition) is 1.